The molecule has 0 saturated heterocycles. The van der Waals surface area contributed by atoms with Gasteiger partial charge in [0.25, 0.3) is 0 Å². The lowest BCUT2D eigenvalue weighted by Crippen LogP contribution is -2.20. The molecule has 0 aliphatic carbocycles. The van der Waals surface area contributed by atoms with Gasteiger partial charge in [-0.3, -0.25) is 4.68 Å². The monoisotopic (exact) mass is 259 g/mol. The molecule has 1 heterocycles. The van der Waals surface area contributed by atoms with E-state index in [-0.39, 0.29) is 5.97 Å². The van der Waals surface area contributed by atoms with Crippen LogP contribution in [0.2, 0.25) is 0 Å². The highest BCUT2D eigenvalue weighted by Gasteiger charge is 2.14. The van der Waals surface area contributed by atoms with Crippen LogP contribution >= 0.6 is 0 Å². The third-order valence-electron chi connectivity index (χ3n) is 2.89. The molecule has 0 fully saturated rings. The number of carbonyl (C=O) groups is 1. The zero-order valence-electron chi connectivity index (χ0n) is 11.3. The molecule has 19 heavy (non-hydrogen) atoms. The van der Waals surface area contributed by atoms with Crippen molar-refractivity contribution in [1.82, 2.24) is 9.78 Å². The summed E-state index contributed by atoms with van der Waals surface area (Å²) in [5.41, 5.74) is 2.34. The average molecular weight is 259 g/mol. The minimum Gasteiger partial charge on any atom is -0.465 e. The first-order valence-electron chi connectivity index (χ1n) is 5.99. The molecular weight excluding hydrogens is 242 g/mol. The van der Waals surface area contributed by atoms with Crippen LogP contribution in [0.3, 0.4) is 0 Å². The number of methoxy groups -OCH3 is 1. The molecular formula is C14H17N3O2. The Morgan fingerprint density at radius 1 is 1.37 bits per heavy atom. The van der Waals surface area contributed by atoms with E-state index in [1.165, 1.54) is 7.11 Å². The molecule has 0 N–H and O–H groups in total. The van der Waals surface area contributed by atoms with Crippen molar-refractivity contribution in [2.45, 2.75) is 6.54 Å². The molecule has 0 unspecified atom stereocenters. The van der Waals surface area contributed by atoms with E-state index in [1.807, 2.05) is 49.5 Å². The Balaban J connectivity index is 2.23. The van der Waals surface area contributed by atoms with E-state index in [2.05, 4.69) is 5.10 Å². The number of nitrogens with zero attached hydrogens (tertiary/aromatic N) is 3. The number of carbonyl (C=O) groups excluding carboxylic acids is 1. The lowest BCUT2D eigenvalue weighted by Gasteiger charge is -2.20. The maximum atomic E-state index is 11.7. The number of aryl methyl sites for hydroxylation is 1. The lowest BCUT2D eigenvalue weighted by molar-refractivity contribution is 0.0601. The molecule has 0 spiro atoms. The van der Waals surface area contributed by atoms with Gasteiger partial charge >= 0.3 is 5.97 Å². The van der Waals surface area contributed by atoms with Gasteiger partial charge in [-0.15, -0.1) is 0 Å². The zero-order chi connectivity index (χ0) is 13.8. The molecule has 5 nitrogen and oxygen atoms in total. The fourth-order valence-electron chi connectivity index (χ4n) is 1.96. The van der Waals surface area contributed by atoms with Gasteiger partial charge in [-0.2, -0.15) is 5.10 Å². The normalized spacial score (nSPS) is 10.3. The standard InChI is InChI=1S/C14H17N3O2/c1-16(10-11-8-9-17(2)15-11)13-7-5-4-6-12(13)14(18)19-3/h4-9H,10H2,1-3H3. The third kappa shape index (κ3) is 2.93. The smallest absolute Gasteiger partial charge is 0.339 e. The molecule has 1 aromatic carbocycles. The Kier molecular flexibility index (Phi) is 3.85. The summed E-state index contributed by atoms with van der Waals surface area (Å²) in [6.07, 6.45) is 1.90. The van der Waals surface area contributed by atoms with Crippen LogP contribution in [-0.4, -0.2) is 29.9 Å². The zero-order valence-corrected chi connectivity index (χ0v) is 11.3. The van der Waals surface area contributed by atoms with E-state index >= 15 is 0 Å². The molecule has 0 amide bonds. The van der Waals surface area contributed by atoms with Crippen LogP contribution in [0.4, 0.5) is 5.69 Å². The maximum Gasteiger partial charge on any atom is 0.339 e. The van der Waals surface area contributed by atoms with E-state index in [0.29, 0.717) is 12.1 Å². The van der Waals surface area contributed by atoms with Crippen LogP contribution in [0, 0.1) is 0 Å². The largest absolute Gasteiger partial charge is 0.465 e. The summed E-state index contributed by atoms with van der Waals surface area (Å²) in [5, 5.41) is 4.33. The minimum atomic E-state index is -0.330. The number of para-hydroxylation sites is 1. The second-order valence-corrected chi connectivity index (χ2v) is 4.35. The number of anilines is 1. The Morgan fingerprint density at radius 3 is 2.74 bits per heavy atom. The Bertz CT molecular complexity index is 578. The van der Waals surface area contributed by atoms with Crippen LogP contribution in [0.1, 0.15) is 16.1 Å². The molecule has 1 aromatic heterocycles. The summed E-state index contributed by atoms with van der Waals surface area (Å²) in [4.78, 5) is 13.7. The predicted molar refractivity (Wildman–Crippen MR) is 73.1 cm³/mol. The van der Waals surface area contributed by atoms with Crippen molar-refractivity contribution in [3.63, 3.8) is 0 Å². The molecule has 0 saturated carbocycles. The summed E-state index contributed by atoms with van der Waals surface area (Å²) in [6, 6.07) is 9.34. The van der Waals surface area contributed by atoms with E-state index < -0.39 is 0 Å². The van der Waals surface area contributed by atoms with Crippen molar-refractivity contribution < 1.29 is 9.53 Å². The van der Waals surface area contributed by atoms with Crippen molar-refractivity contribution in [2.24, 2.45) is 7.05 Å². The summed E-state index contributed by atoms with van der Waals surface area (Å²) >= 11 is 0. The second kappa shape index (κ2) is 5.56. The lowest BCUT2D eigenvalue weighted by atomic mass is 10.1. The molecule has 5 heteroatoms. The second-order valence-electron chi connectivity index (χ2n) is 4.35. The van der Waals surface area contributed by atoms with Gasteiger partial charge in [0.05, 0.1) is 30.6 Å². The summed E-state index contributed by atoms with van der Waals surface area (Å²) < 4.78 is 6.56. The minimum absolute atomic E-state index is 0.330. The van der Waals surface area contributed by atoms with E-state index in [9.17, 15) is 4.79 Å². The van der Waals surface area contributed by atoms with Crippen molar-refractivity contribution >= 4 is 11.7 Å². The number of hydrogen-bond acceptors (Lipinski definition) is 4. The number of hydrogen-bond donors (Lipinski definition) is 0. The highest BCUT2D eigenvalue weighted by atomic mass is 16.5. The highest BCUT2D eigenvalue weighted by Crippen LogP contribution is 2.21. The topological polar surface area (TPSA) is 47.4 Å². The van der Waals surface area contributed by atoms with Crippen LogP contribution in [0.25, 0.3) is 0 Å². The molecule has 0 atom stereocenters. The van der Waals surface area contributed by atoms with Crippen molar-refractivity contribution in [2.75, 3.05) is 19.1 Å². The average Bonchev–Trinajstić information content (AvgIpc) is 2.83. The Morgan fingerprint density at radius 2 is 2.11 bits per heavy atom. The van der Waals surface area contributed by atoms with Gasteiger partial charge in [0.2, 0.25) is 0 Å². The van der Waals surface area contributed by atoms with E-state index in [1.54, 1.807) is 10.7 Å². The number of rotatable bonds is 4. The van der Waals surface area contributed by atoms with Crippen LogP contribution in [0.15, 0.2) is 36.5 Å². The van der Waals surface area contributed by atoms with Crippen molar-refractivity contribution in [1.29, 1.82) is 0 Å². The quantitative estimate of drug-likeness (QED) is 0.786. The number of benzene rings is 1. The van der Waals surface area contributed by atoms with Crippen molar-refractivity contribution in [3.05, 3.63) is 47.8 Å². The van der Waals surface area contributed by atoms with Gasteiger partial charge < -0.3 is 9.64 Å². The summed E-state index contributed by atoms with van der Waals surface area (Å²) in [5.74, 6) is -0.330. The Labute approximate surface area is 112 Å². The molecule has 2 aromatic rings. The fourth-order valence-corrected chi connectivity index (χ4v) is 1.96. The van der Waals surface area contributed by atoms with Gasteiger partial charge in [-0.25, -0.2) is 4.79 Å². The SMILES string of the molecule is COC(=O)c1ccccc1N(C)Cc1ccn(C)n1. The highest BCUT2D eigenvalue weighted by molar-refractivity contribution is 5.95. The van der Waals surface area contributed by atoms with Gasteiger partial charge in [0, 0.05) is 20.3 Å². The maximum absolute atomic E-state index is 11.7. The molecule has 2 rings (SSSR count). The van der Waals surface area contributed by atoms with E-state index in [4.69, 9.17) is 4.74 Å². The number of esters is 1. The van der Waals surface area contributed by atoms with Gasteiger partial charge in [-0.05, 0) is 18.2 Å². The molecule has 100 valence electrons. The fraction of sp³-hybridized carbons (Fsp3) is 0.286. The van der Waals surface area contributed by atoms with Crippen LogP contribution < -0.4 is 4.90 Å². The molecule has 0 aliphatic heterocycles. The van der Waals surface area contributed by atoms with Gasteiger partial charge in [-0.1, -0.05) is 12.1 Å². The summed E-state index contributed by atoms with van der Waals surface area (Å²) in [7, 11) is 5.19. The first-order chi connectivity index (χ1) is 9.11. The van der Waals surface area contributed by atoms with Gasteiger partial charge in [0.1, 0.15) is 0 Å². The molecule has 0 aliphatic rings. The molecule has 0 radical (unpaired) electrons. The van der Waals surface area contributed by atoms with Gasteiger partial charge in [0.15, 0.2) is 0 Å². The van der Waals surface area contributed by atoms with Crippen LogP contribution in [0.5, 0.6) is 0 Å². The molecule has 0 bridgehead atoms. The first kappa shape index (κ1) is 13.1. The number of ether oxygens (including phenoxy) is 1. The van der Waals surface area contributed by atoms with Crippen molar-refractivity contribution in [3.8, 4) is 0 Å². The number of aromatic nitrogens is 2. The Hall–Kier alpha value is -2.30. The first-order valence-corrected chi connectivity index (χ1v) is 5.99. The third-order valence-corrected chi connectivity index (χ3v) is 2.89. The van der Waals surface area contributed by atoms with Crippen LogP contribution in [-0.2, 0) is 18.3 Å². The van der Waals surface area contributed by atoms with E-state index in [0.717, 1.165) is 11.4 Å². The summed E-state index contributed by atoms with van der Waals surface area (Å²) in [6.45, 7) is 0.634. The predicted octanol–water partition coefficient (Wildman–Crippen LogP) is 1.84.